The number of H-pyrrole nitrogens is 1. The van der Waals surface area contributed by atoms with E-state index in [1.807, 2.05) is 0 Å². The fraction of sp³-hybridized carbons (Fsp3) is 0.500. The Morgan fingerprint density at radius 3 is 2.55 bits per heavy atom. The van der Waals surface area contributed by atoms with Crippen molar-refractivity contribution in [3.63, 3.8) is 0 Å². The van der Waals surface area contributed by atoms with Gasteiger partial charge in [-0.1, -0.05) is 18.9 Å². The summed E-state index contributed by atoms with van der Waals surface area (Å²) >= 11 is 0. The maximum Gasteiger partial charge on any atom is 0.332 e. The van der Waals surface area contributed by atoms with Crippen molar-refractivity contribution < 1.29 is 19.1 Å². The Bertz CT molecular complexity index is 374. The van der Waals surface area contributed by atoms with Gasteiger partial charge < -0.3 is 20.1 Å². The third kappa shape index (κ3) is 10.5. The average Bonchev–Trinajstić information content (AvgIpc) is 2.95. The Hall–Kier alpha value is -1.43. The van der Waals surface area contributed by atoms with Crippen molar-refractivity contribution in [2.75, 3.05) is 6.54 Å². The summed E-state index contributed by atoms with van der Waals surface area (Å²) in [6.07, 6.45) is 9.86. The van der Waals surface area contributed by atoms with Gasteiger partial charge in [0.15, 0.2) is 0 Å². The number of carbonyl (C=O) groups excluding carboxylic acids is 1. The van der Waals surface area contributed by atoms with Gasteiger partial charge in [0.1, 0.15) is 0 Å². The monoisotopic (exact) mass is 303 g/mol. The smallest absolute Gasteiger partial charge is 0.332 e. The van der Waals surface area contributed by atoms with Crippen LogP contribution < -0.4 is 5.32 Å². The van der Waals surface area contributed by atoms with Gasteiger partial charge >= 0.3 is 7.60 Å². The fourth-order valence-corrected chi connectivity index (χ4v) is 2.25. The number of aromatic nitrogens is 2. The van der Waals surface area contributed by atoms with E-state index in [1.165, 1.54) is 6.08 Å². The summed E-state index contributed by atoms with van der Waals surface area (Å²) in [4.78, 5) is 34.1. The van der Waals surface area contributed by atoms with E-state index < -0.39 is 13.3 Å². The Kier molecular flexibility index (Phi) is 10.6. The van der Waals surface area contributed by atoms with Crippen molar-refractivity contribution in [2.24, 2.45) is 0 Å². The minimum absolute atomic E-state index is 0.439. The van der Waals surface area contributed by atoms with Crippen LogP contribution in [0.25, 0.3) is 0 Å². The molecule has 1 aromatic rings. The van der Waals surface area contributed by atoms with Crippen LogP contribution in [0.15, 0.2) is 31.4 Å². The van der Waals surface area contributed by atoms with Crippen molar-refractivity contribution in [1.29, 1.82) is 0 Å². The van der Waals surface area contributed by atoms with Gasteiger partial charge in [0.25, 0.3) is 0 Å². The lowest BCUT2D eigenvalue weighted by molar-refractivity contribution is -0.109. The minimum atomic E-state index is -4.03. The summed E-state index contributed by atoms with van der Waals surface area (Å²) in [5.41, 5.74) is -0.739. The van der Waals surface area contributed by atoms with Crippen LogP contribution in [0, 0.1) is 0 Å². The van der Waals surface area contributed by atoms with Gasteiger partial charge in [0.05, 0.1) is 12.0 Å². The van der Waals surface area contributed by atoms with Crippen molar-refractivity contribution in [1.82, 2.24) is 15.3 Å². The molecule has 0 aliphatic heterocycles. The molecule has 0 bridgehead atoms. The van der Waals surface area contributed by atoms with E-state index >= 15 is 0 Å². The highest BCUT2D eigenvalue weighted by atomic mass is 31.2. The molecule has 7 nitrogen and oxygen atoms in total. The second-order valence-electron chi connectivity index (χ2n) is 4.07. The molecule has 1 amide bonds. The summed E-state index contributed by atoms with van der Waals surface area (Å²) < 4.78 is 10.9. The van der Waals surface area contributed by atoms with Gasteiger partial charge in [-0.2, -0.15) is 0 Å². The van der Waals surface area contributed by atoms with Crippen LogP contribution in [0.5, 0.6) is 0 Å². The molecular weight excluding hydrogens is 281 g/mol. The summed E-state index contributed by atoms with van der Waals surface area (Å²) in [6.45, 7) is 4.01. The van der Waals surface area contributed by atoms with Gasteiger partial charge in [0.2, 0.25) is 6.41 Å². The predicted octanol–water partition coefficient (Wildman–Crippen LogP) is 1.43. The lowest BCUT2D eigenvalue weighted by atomic mass is 10.1. The lowest BCUT2D eigenvalue weighted by Gasteiger charge is -2.13. The highest BCUT2D eigenvalue weighted by Crippen LogP contribution is 2.44. The SMILES string of the molecule is C=CC(CCCCCNC=O)P(=O)(O)O.c1c[nH]cn1. The highest BCUT2D eigenvalue weighted by molar-refractivity contribution is 7.52. The second-order valence-corrected chi connectivity index (χ2v) is 5.92. The standard InChI is InChI=1S/C9H18NO4P.C3H4N2/c1-2-9(15(12,13)14)6-4-3-5-7-10-8-11;1-2-5-3-4-1/h2,8-9H,1,3-7H2,(H,10,11)(H2,12,13,14);1-3H,(H,4,5). The molecule has 0 saturated heterocycles. The van der Waals surface area contributed by atoms with Gasteiger partial charge in [-0.25, -0.2) is 4.98 Å². The van der Waals surface area contributed by atoms with Crippen LogP contribution in [0.3, 0.4) is 0 Å². The molecule has 20 heavy (non-hydrogen) atoms. The largest absolute Gasteiger partial charge is 0.359 e. The van der Waals surface area contributed by atoms with Crippen LogP contribution >= 0.6 is 7.60 Å². The first-order valence-corrected chi connectivity index (χ1v) is 7.98. The molecule has 0 fully saturated rings. The molecule has 0 radical (unpaired) electrons. The number of aromatic amines is 1. The number of hydrogen-bond acceptors (Lipinski definition) is 3. The first-order chi connectivity index (χ1) is 9.52. The van der Waals surface area contributed by atoms with Crippen LogP contribution in [-0.4, -0.2) is 38.4 Å². The third-order valence-corrected chi connectivity index (χ3v) is 3.85. The van der Waals surface area contributed by atoms with Crippen LogP contribution in [-0.2, 0) is 9.36 Å². The molecule has 1 rings (SSSR count). The molecule has 8 heteroatoms. The molecule has 4 N–H and O–H groups in total. The van der Waals surface area contributed by atoms with Gasteiger partial charge in [-0.3, -0.25) is 9.36 Å². The Morgan fingerprint density at radius 2 is 2.15 bits per heavy atom. The van der Waals surface area contributed by atoms with E-state index in [0.29, 0.717) is 19.4 Å². The number of amides is 1. The van der Waals surface area contributed by atoms with Crippen molar-refractivity contribution >= 4 is 14.0 Å². The maximum absolute atomic E-state index is 10.9. The number of nitrogens with one attached hydrogen (secondary N) is 2. The highest BCUT2D eigenvalue weighted by Gasteiger charge is 2.24. The normalized spacial score (nSPS) is 11.9. The quantitative estimate of drug-likeness (QED) is 0.238. The summed E-state index contributed by atoms with van der Waals surface area (Å²) in [5, 5.41) is 2.53. The number of imidazole rings is 1. The van der Waals surface area contributed by atoms with Crippen LogP contribution in [0.2, 0.25) is 0 Å². The zero-order valence-electron chi connectivity index (χ0n) is 11.3. The first-order valence-electron chi connectivity index (χ1n) is 6.30. The summed E-state index contributed by atoms with van der Waals surface area (Å²) in [5.74, 6) is 0. The van der Waals surface area contributed by atoms with Crippen molar-refractivity contribution in [2.45, 2.75) is 31.3 Å². The molecule has 1 aromatic heterocycles. The molecule has 0 aromatic carbocycles. The number of rotatable bonds is 9. The van der Waals surface area contributed by atoms with Crippen molar-refractivity contribution in [3.8, 4) is 0 Å². The Balaban J connectivity index is 0.000000595. The number of allylic oxidation sites excluding steroid dienone is 1. The molecular formula is C12H22N3O4P. The van der Waals surface area contributed by atoms with Crippen molar-refractivity contribution in [3.05, 3.63) is 31.4 Å². The van der Waals surface area contributed by atoms with Gasteiger partial charge in [0, 0.05) is 18.9 Å². The van der Waals surface area contributed by atoms with Crippen LogP contribution in [0.1, 0.15) is 25.7 Å². The maximum atomic E-state index is 10.9. The molecule has 1 atom stereocenters. The van der Waals surface area contributed by atoms with E-state index in [2.05, 4.69) is 21.9 Å². The van der Waals surface area contributed by atoms with E-state index in [9.17, 15) is 9.36 Å². The number of nitrogens with zero attached hydrogens (tertiary/aromatic N) is 1. The Morgan fingerprint density at radius 1 is 1.40 bits per heavy atom. The molecule has 1 heterocycles. The number of hydrogen-bond donors (Lipinski definition) is 4. The Labute approximate surface area is 118 Å². The molecule has 0 saturated carbocycles. The first kappa shape index (κ1) is 18.6. The van der Waals surface area contributed by atoms with E-state index in [1.54, 1.807) is 18.7 Å². The van der Waals surface area contributed by atoms with E-state index in [0.717, 1.165) is 19.3 Å². The zero-order valence-corrected chi connectivity index (χ0v) is 12.2. The molecule has 0 aliphatic rings. The van der Waals surface area contributed by atoms with Gasteiger partial charge in [-0.15, -0.1) is 6.58 Å². The molecule has 114 valence electrons. The zero-order chi connectivity index (χ0) is 15.3. The average molecular weight is 303 g/mol. The van der Waals surface area contributed by atoms with E-state index in [-0.39, 0.29) is 0 Å². The lowest BCUT2D eigenvalue weighted by Crippen LogP contribution is -2.12. The molecule has 0 aliphatic carbocycles. The summed E-state index contributed by atoms with van der Waals surface area (Å²) in [7, 11) is -4.03. The second kappa shape index (κ2) is 11.4. The minimum Gasteiger partial charge on any atom is -0.359 e. The van der Waals surface area contributed by atoms with Crippen LogP contribution in [0.4, 0.5) is 0 Å². The van der Waals surface area contributed by atoms with E-state index in [4.69, 9.17) is 9.79 Å². The topological polar surface area (TPSA) is 115 Å². The number of unbranched alkanes of at least 4 members (excludes halogenated alkanes) is 2. The summed E-state index contributed by atoms with van der Waals surface area (Å²) in [6, 6.07) is 0. The number of carbonyl (C=O) groups is 1. The predicted molar refractivity (Wildman–Crippen MR) is 77.2 cm³/mol. The van der Waals surface area contributed by atoms with Gasteiger partial charge in [-0.05, 0) is 12.8 Å². The molecule has 0 spiro atoms. The third-order valence-electron chi connectivity index (χ3n) is 2.51. The fourth-order valence-electron chi connectivity index (χ4n) is 1.45. The molecule has 1 unspecified atom stereocenters.